The van der Waals surface area contributed by atoms with Crippen LogP contribution in [0.4, 0.5) is 5.95 Å². The molecule has 4 heterocycles. The molecular formula is C29H25Cl3N4O5. The highest BCUT2D eigenvalue weighted by Crippen LogP contribution is 2.47. The highest BCUT2D eigenvalue weighted by atomic mass is 35.5. The second kappa shape index (κ2) is 10.6. The summed E-state index contributed by atoms with van der Waals surface area (Å²) in [7, 11) is 0. The lowest BCUT2D eigenvalue weighted by atomic mass is 9.99. The van der Waals surface area contributed by atoms with Gasteiger partial charge in [-0.3, -0.25) is 0 Å². The first-order chi connectivity index (χ1) is 19.9. The van der Waals surface area contributed by atoms with E-state index >= 15 is 0 Å². The molecule has 2 aromatic heterocycles. The number of aromatic carboxylic acids is 1. The van der Waals surface area contributed by atoms with Crippen LogP contribution in [-0.2, 0) is 11.3 Å². The van der Waals surface area contributed by atoms with Crippen molar-refractivity contribution in [2.75, 3.05) is 4.90 Å². The molecule has 0 radical (unpaired) electrons. The number of halogens is 3. The van der Waals surface area contributed by atoms with E-state index in [4.69, 9.17) is 48.6 Å². The number of hydrogen-bond acceptors (Lipinski definition) is 8. The van der Waals surface area contributed by atoms with E-state index in [1.165, 1.54) is 12.1 Å². The summed E-state index contributed by atoms with van der Waals surface area (Å²) in [5.41, 5.74) is 2.84. The fourth-order valence-corrected chi connectivity index (χ4v) is 6.94. The molecular weight excluding hydrogens is 591 g/mol. The van der Waals surface area contributed by atoms with Crippen molar-refractivity contribution < 1.29 is 23.7 Å². The number of carbonyl (C=O) groups is 1. The van der Waals surface area contributed by atoms with Gasteiger partial charge in [-0.1, -0.05) is 46.0 Å². The number of benzene rings is 2. The molecule has 0 amide bonds. The minimum absolute atomic E-state index is 0.0211. The number of rotatable bonds is 8. The van der Waals surface area contributed by atoms with Gasteiger partial charge in [-0.2, -0.15) is 4.98 Å². The number of nitrogens with zero attached hydrogens (tertiary/aromatic N) is 4. The Morgan fingerprint density at radius 1 is 0.976 bits per heavy atom. The Balaban J connectivity index is 1.07. The van der Waals surface area contributed by atoms with Gasteiger partial charge < -0.3 is 23.8 Å². The molecule has 2 aromatic carbocycles. The molecule has 0 spiro atoms. The van der Waals surface area contributed by atoms with E-state index in [-0.39, 0.29) is 28.8 Å². The van der Waals surface area contributed by atoms with Gasteiger partial charge in [0, 0.05) is 34.7 Å². The number of ether oxygens (including phenoxy) is 1. The molecule has 1 saturated carbocycles. The normalized spacial score (nSPS) is 21.9. The molecule has 4 aromatic rings. The lowest BCUT2D eigenvalue weighted by Crippen LogP contribution is -2.46. The van der Waals surface area contributed by atoms with Gasteiger partial charge in [-0.25, -0.2) is 4.79 Å². The van der Waals surface area contributed by atoms with Gasteiger partial charge in [-0.05, 0) is 74.0 Å². The van der Waals surface area contributed by atoms with Crippen LogP contribution >= 0.6 is 34.8 Å². The van der Waals surface area contributed by atoms with E-state index in [1.807, 2.05) is 6.07 Å². The third-order valence-corrected chi connectivity index (χ3v) is 9.15. The topological polar surface area (TPSA) is 115 Å². The number of carboxylic acids is 1. The molecule has 1 aliphatic carbocycles. The first-order valence-corrected chi connectivity index (χ1v) is 14.7. The van der Waals surface area contributed by atoms with Gasteiger partial charge in [0.15, 0.2) is 0 Å². The molecule has 3 aliphatic rings. The zero-order chi connectivity index (χ0) is 28.2. The second-order valence-corrected chi connectivity index (χ2v) is 12.1. The van der Waals surface area contributed by atoms with Crippen LogP contribution < -0.4 is 4.90 Å². The van der Waals surface area contributed by atoms with Gasteiger partial charge in [-0.15, -0.1) is 0 Å². The summed E-state index contributed by atoms with van der Waals surface area (Å²) in [5.74, 6) is 0.952. The quantitative estimate of drug-likeness (QED) is 0.213. The predicted octanol–water partition coefficient (Wildman–Crippen LogP) is 7.64. The average molecular weight is 616 g/mol. The zero-order valence-electron chi connectivity index (χ0n) is 21.7. The first kappa shape index (κ1) is 26.8. The van der Waals surface area contributed by atoms with Gasteiger partial charge in [0.2, 0.25) is 0 Å². The van der Waals surface area contributed by atoms with Crippen molar-refractivity contribution in [1.82, 2.24) is 15.3 Å². The largest absolute Gasteiger partial charge is 0.478 e. The number of hydrogen-bond donors (Lipinski definition) is 1. The highest BCUT2D eigenvalue weighted by molar-refractivity contribution is 6.39. The van der Waals surface area contributed by atoms with Gasteiger partial charge in [0.1, 0.15) is 11.5 Å². The third kappa shape index (κ3) is 4.99. The van der Waals surface area contributed by atoms with Crippen LogP contribution in [0.5, 0.6) is 0 Å². The fraction of sp³-hybridized carbons (Fsp3) is 0.379. The summed E-state index contributed by atoms with van der Waals surface area (Å²) in [5, 5.41) is 19.0. The van der Waals surface area contributed by atoms with Crippen molar-refractivity contribution in [1.29, 1.82) is 0 Å². The Bertz CT molecular complexity index is 1600. The van der Waals surface area contributed by atoms with Crippen molar-refractivity contribution in [3.63, 3.8) is 0 Å². The predicted molar refractivity (Wildman–Crippen MR) is 153 cm³/mol. The molecule has 2 bridgehead atoms. The molecule has 2 aliphatic heterocycles. The zero-order valence-corrected chi connectivity index (χ0v) is 24.0. The van der Waals surface area contributed by atoms with Crippen molar-refractivity contribution in [3.8, 4) is 22.7 Å². The molecule has 2 unspecified atom stereocenters. The molecule has 2 saturated heterocycles. The van der Waals surface area contributed by atoms with Gasteiger partial charge in [0.25, 0.3) is 11.8 Å². The summed E-state index contributed by atoms with van der Waals surface area (Å²) in [6.45, 7) is 0.371. The maximum Gasteiger partial charge on any atom is 0.337 e. The number of carboxylic acid groups (broad SMARTS) is 1. The van der Waals surface area contributed by atoms with Crippen LogP contribution in [0, 0.1) is 0 Å². The van der Waals surface area contributed by atoms with Crippen LogP contribution in [0.2, 0.25) is 15.1 Å². The summed E-state index contributed by atoms with van der Waals surface area (Å²) >= 11 is 19.2. The molecule has 3 atom stereocenters. The Labute approximate surface area is 250 Å². The van der Waals surface area contributed by atoms with E-state index in [0.29, 0.717) is 51.2 Å². The summed E-state index contributed by atoms with van der Waals surface area (Å²) < 4.78 is 17.9. The van der Waals surface area contributed by atoms with Crippen LogP contribution in [0.3, 0.4) is 0 Å². The van der Waals surface area contributed by atoms with Crippen LogP contribution in [0.15, 0.2) is 45.4 Å². The Hall–Kier alpha value is -3.11. The van der Waals surface area contributed by atoms with Crippen molar-refractivity contribution in [2.24, 2.45) is 0 Å². The fourth-order valence-electron chi connectivity index (χ4n) is 6.10. The van der Waals surface area contributed by atoms with E-state index < -0.39 is 5.97 Å². The Morgan fingerprint density at radius 2 is 1.71 bits per heavy atom. The smallest absolute Gasteiger partial charge is 0.337 e. The minimum atomic E-state index is -1.09. The van der Waals surface area contributed by atoms with Crippen LogP contribution in [-0.4, -0.2) is 44.6 Å². The first-order valence-electron chi connectivity index (χ1n) is 13.6. The number of fused-ring (bicyclic) bond motifs is 2. The van der Waals surface area contributed by atoms with E-state index in [9.17, 15) is 9.90 Å². The monoisotopic (exact) mass is 614 g/mol. The number of anilines is 1. The van der Waals surface area contributed by atoms with Crippen LogP contribution in [0.1, 0.15) is 66.1 Å². The average Bonchev–Trinajstić information content (AvgIpc) is 3.41. The summed E-state index contributed by atoms with van der Waals surface area (Å²) in [6.07, 6.45) is 5.86. The second-order valence-electron chi connectivity index (χ2n) is 10.8. The number of aromatic nitrogens is 3. The molecule has 7 rings (SSSR count). The van der Waals surface area contributed by atoms with Gasteiger partial charge >= 0.3 is 5.97 Å². The standard InChI is InChI=1S/C29H25Cl3N4O5/c30-21-2-1-3-22(31)24(21)25-20(26(40-34-25)14-4-5-14)13-39-18-11-16-7-8-17(12-18)36(16)29-33-27(41-35-29)15-6-9-19(28(37)38)23(32)10-15/h1-3,6,9-10,14,16-18H,4-5,7-8,11-13H2,(H,37,38)/t16-,17?,18?/m0/s1. The maximum atomic E-state index is 11.3. The van der Waals surface area contributed by atoms with E-state index in [2.05, 4.69) is 20.2 Å². The van der Waals surface area contributed by atoms with Crippen molar-refractivity contribution >= 4 is 46.7 Å². The van der Waals surface area contributed by atoms with Crippen LogP contribution in [0.25, 0.3) is 22.7 Å². The molecule has 9 nitrogen and oxygen atoms in total. The molecule has 41 heavy (non-hydrogen) atoms. The molecule has 212 valence electrons. The maximum absolute atomic E-state index is 11.3. The lowest BCUT2D eigenvalue weighted by Gasteiger charge is -2.37. The molecule has 3 fully saturated rings. The Morgan fingerprint density at radius 3 is 2.37 bits per heavy atom. The Kier molecular flexibility index (Phi) is 6.93. The summed E-state index contributed by atoms with van der Waals surface area (Å²) in [4.78, 5) is 18.1. The van der Waals surface area contributed by atoms with Gasteiger partial charge in [0.05, 0.1) is 33.3 Å². The highest BCUT2D eigenvalue weighted by Gasteiger charge is 2.43. The van der Waals surface area contributed by atoms with E-state index in [1.54, 1.807) is 18.2 Å². The lowest BCUT2D eigenvalue weighted by molar-refractivity contribution is 0.0144. The molecule has 1 N–H and O–H groups in total. The SMILES string of the molecule is O=C(O)c1ccc(-c2nc(N3C4CC[C@H]3CC(OCc3c(-c5c(Cl)cccc5Cl)noc3C3CC3)C4)no2)cc1Cl. The van der Waals surface area contributed by atoms with Crippen molar-refractivity contribution in [2.45, 2.75) is 69.2 Å². The summed E-state index contributed by atoms with van der Waals surface area (Å²) in [6, 6.07) is 10.4. The molecule has 12 heteroatoms. The van der Waals surface area contributed by atoms with E-state index in [0.717, 1.165) is 49.8 Å². The third-order valence-electron chi connectivity index (χ3n) is 8.21. The van der Waals surface area contributed by atoms with Crippen molar-refractivity contribution in [3.05, 3.63) is 68.4 Å². The minimum Gasteiger partial charge on any atom is -0.478 e. The number of piperidine rings is 1.